The number of methoxy groups -OCH3 is 1. The molecule has 0 atom stereocenters. The van der Waals surface area contributed by atoms with E-state index >= 15 is 0 Å². The molecule has 2 aliphatic carbocycles. The van der Waals surface area contributed by atoms with Gasteiger partial charge in [-0.1, -0.05) is 6.07 Å². The van der Waals surface area contributed by atoms with E-state index in [1.54, 1.807) is 12.1 Å². The van der Waals surface area contributed by atoms with Gasteiger partial charge in [-0.15, -0.1) is 0 Å². The van der Waals surface area contributed by atoms with Crippen LogP contribution in [-0.2, 0) is 11.3 Å². The van der Waals surface area contributed by atoms with Gasteiger partial charge in [0.25, 0.3) is 0 Å². The van der Waals surface area contributed by atoms with E-state index in [9.17, 15) is 9.18 Å². The zero-order chi connectivity index (χ0) is 18.8. The molecule has 4 rings (SSSR count). The summed E-state index contributed by atoms with van der Waals surface area (Å²) in [7, 11) is 1.48. The molecule has 2 saturated carbocycles. The maximum absolute atomic E-state index is 13.8. The molecule has 27 heavy (non-hydrogen) atoms. The molecule has 1 aromatic carbocycles. The number of carbonyl (C=O) groups excluding carboxylic acids is 1. The van der Waals surface area contributed by atoms with Crippen molar-refractivity contribution in [3.05, 3.63) is 29.6 Å². The predicted octanol–water partition coefficient (Wildman–Crippen LogP) is 2.26. The van der Waals surface area contributed by atoms with Gasteiger partial charge in [0.2, 0.25) is 5.91 Å². The van der Waals surface area contributed by atoms with E-state index < -0.39 is 0 Å². The van der Waals surface area contributed by atoms with E-state index in [1.165, 1.54) is 32.8 Å². The van der Waals surface area contributed by atoms with Crippen LogP contribution < -0.4 is 10.1 Å². The summed E-state index contributed by atoms with van der Waals surface area (Å²) in [5.74, 6) is 1.63. The van der Waals surface area contributed by atoms with Crippen LogP contribution in [0, 0.1) is 17.7 Å². The Balaban J connectivity index is 1.20. The lowest BCUT2D eigenvalue weighted by atomic mass is 10.1. The summed E-state index contributed by atoms with van der Waals surface area (Å²) in [6, 6.07) is 5.58. The van der Waals surface area contributed by atoms with Crippen molar-refractivity contribution in [2.45, 2.75) is 38.3 Å². The molecule has 1 aliphatic heterocycles. The second-order valence-electron chi connectivity index (χ2n) is 8.29. The van der Waals surface area contributed by atoms with Crippen LogP contribution in [-0.4, -0.2) is 61.6 Å². The molecule has 0 aromatic heterocycles. The maximum Gasteiger partial charge on any atom is 0.234 e. The predicted molar refractivity (Wildman–Crippen MR) is 102 cm³/mol. The van der Waals surface area contributed by atoms with Crippen LogP contribution in [0.4, 0.5) is 4.39 Å². The molecule has 0 bridgehead atoms. The SMILES string of the molecule is COc1ccc(CN2CCN(CC(=O)NC(C3CC3)C3CC3)CC2)cc1F. The van der Waals surface area contributed by atoms with Crippen LogP contribution >= 0.6 is 0 Å². The Labute approximate surface area is 160 Å². The highest BCUT2D eigenvalue weighted by Crippen LogP contribution is 2.44. The summed E-state index contributed by atoms with van der Waals surface area (Å²) in [5.41, 5.74) is 0.955. The number of benzene rings is 1. The van der Waals surface area contributed by atoms with Gasteiger partial charge >= 0.3 is 0 Å². The molecular weight excluding hydrogens is 345 g/mol. The summed E-state index contributed by atoms with van der Waals surface area (Å²) in [5, 5.41) is 3.31. The number of carbonyl (C=O) groups is 1. The van der Waals surface area contributed by atoms with Crippen LogP contribution in [0.15, 0.2) is 18.2 Å². The minimum atomic E-state index is -0.314. The lowest BCUT2D eigenvalue weighted by molar-refractivity contribution is -0.123. The number of ether oxygens (including phenoxy) is 1. The number of hydrogen-bond acceptors (Lipinski definition) is 4. The smallest absolute Gasteiger partial charge is 0.234 e. The van der Waals surface area contributed by atoms with Gasteiger partial charge in [0, 0.05) is 38.8 Å². The highest BCUT2D eigenvalue weighted by atomic mass is 19.1. The second kappa shape index (κ2) is 8.15. The summed E-state index contributed by atoms with van der Waals surface area (Å²) >= 11 is 0. The fourth-order valence-corrected chi connectivity index (χ4v) is 4.14. The topological polar surface area (TPSA) is 44.8 Å². The molecule has 5 nitrogen and oxygen atoms in total. The normalized spacial score (nSPS) is 21.4. The summed E-state index contributed by atoms with van der Waals surface area (Å²) < 4.78 is 18.8. The standard InChI is InChI=1S/C21H30FN3O2/c1-27-19-7-2-15(12-18(19)22)13-24-8-10-25(11-9-24)14-20(26)23-21(16-3-4-16)17-5-6-17/h2,7,12,16-17,21H,3-6,8-11,13-14H2,1H3,(H,23,26). The monoisotopic (exact) mass is 375 g/mol. The summed E-state index contributed by atoms with van der Waals surface area (Å²) in [4.78, 5) is 17.0. The van der Waals surface area contributed by atoms with Crippen molar-refractivity contribution in [2.24, 2.45) is 11.8 Å². The fraction of sp³-hybridized carbons (Fsp3) is 0.667. The third kappa shape index (κ3) is 4.99. The number of nitrogens with zero attached hydrogens (tertiary/aromatic N) is 2. The molecule has 1 saturated heterocycles. The highest BCUT2D eigenvalue weighted by Gasteiger charge is 2.42. The quantitative estimate of drug-likeness (QED) is 0.757. The summed E-state index contributed by atoms with van der Waals surface area (Å²) in [6.07, 6.45) is 5.14. The average Bonchev–Trinajstić information content (AvgIpc) is 3.55. The largest absolute Gasteiger partial charge is 0.494 e. The molecule has 1 heterocycles. The third-order valence-electron chi connectivity index (χ3n) is 6.04. The highest BCUT2D eigenvalue weighted by molar-refractivity contribution is 5.78. The first-order valence-electron chi connectivity index (χ1n) is 10.2. The molecule has 148 valence electrons. The van der Waals surface area contributed by atoms with Crippen molar-refractivity contribution in [1.82, 2.24) is 15.1 Å². The van der Waals surface area contributed by atoms with Gasteiger partial charge in [-0.05, 0) is 55.2 Å². The van der Waals surface area contributed by atoms with Crippen molar-refractivity contribution in [2.75, 3.05) is 39.8 Å². The molecule has 0 spiro atoms. The molecule has 1 N–H and O–H groups in total. The zero-order valence-electron chi connectivity index (χ0n) is 16.1. The van der Waals surface area contributed by atoms with E-state index in [2.05, 4.69) is 15.1 Å². The van der Waals surface area contributed by atoms with Gasteiger partial charge in [0.1, 0.15) is 0 Å². The van der Waals surface area contributed by atoms with Gasteiger partial charge in [0.15, 0.2) is 11.6 Å². The lowest BCUT2D eigenvalue weighted by Crippen LogP contribution is -2.50. The van der Waals surface area contributed by atoms with Crippen molar-refractivity contribution in [1.29, 1.82) is 0 Å². The number of amides is 1. The van der Waals surface area contributed by atoms with E-state index in [-0.39, 0.29) is 17.5 Å². The Morgan fingerprint density at radius 2 is 1.78 bits per heavy atom. The zero-order valence-corrected chi connectivity index (χ0v) is 16.1. The number of rotatable bonds is 8. The first kappa shape index (κ1) is 18.7. The Hall–Kier alpha value is -1.66. The van der Waals surface area contributed by atoms with Crippen LogP contribution in [0.25, 0.3) is 0 Å². The average molecular weight is 375 g/mol. The molecule has 1 amide bonds. The first-order valence-corrected chi connectivity index (χ1v) is 10.2. The van der Waals surface area contributed by atoms with Gasteiger partial charge < -0.3 is 10.1 Å². The number of nitrogens with one attached hydrogen (secondary N) is 1. The first-order chi connectivity index (χ1) is 13.1. The van der Waals surface area contributed by atoms with E-state index in [1.807, 2.05) is 6.07 Å². The second-order valence-corrected chi connectivity index (χ2v) is 8.29. The third-order valence-corrected chi connectivity index (χ3v) is 6.04. The fourth-order valence-electron chi connectivity index (χ4n) is 4.14. The molecular formula is C21H30FN3O2. The minimum absolute atomic E-state index is 0.185. The Morgan fingerprint density at radius 3 is 2.33 bits per heavy atom. The van der Waals surface area contributed by atoms with Crippen LogP contribution in [0.1, 0.15) is 31.2 Å². The maximum atomic E-state index is 13.8. The number of piperazine rings is 1. The van der Waals surface area contributed by atoms with Gasteiger partial charge in [-0.2, -0.15) is 0 Å². The van der Waals surface area contributed by atoms with Crippen LogP contribution in [0.2, 0.25) is 0 Å². The van der Waals surface area contributed by atoms with Gasteiger partial charge in [-0.25, -0.2) is 4.39 Å². The molecule has 0 unspecified atom stereocenters. The molecule has 0 radical (unpaired) electrons. The van der Waals surface area contributed by atoms with E-state index in [0.717, 1.165) is 50.1 Å². The van der Waals surface area contributed by atoms with Gasteiger partial charge in [-0.3, -0.25) is 14.6 Å². The van der Waals surface area contributed by atoms with Crippen LogP contribution in [0.5, 0.6) is 5.75 Å². The summed E-state index contributed by atoms with van der Waals surface area (Å²) in [6.45, 7) is 4.78. The Bertz CT molecular complexity index is 655. The number of hydrogen-bond donors (Lipinski definition) is 1. The number of halogens is 1. The molecule has 6 heteroatoms. The Kier molecular flexibility index (Phi) is 5.64. The van der Waals surface area contributed by atoms with E-state index in [4.69, 9.17) is 4.74 Å². The Morgan fingerprint density at radius 1 is 1.15 bits per heavy atom. The minimum Gasteiger partial charge on any atom is -0.494 e. The van der Waals surface area contributed by atoms with E-state index in [0.29, 0.717) is 12.6 Å². The van der Waals surface area contributed by atoms with Gasteiger partial charge in [0.05, 0.1) is 13.7 Å². The van der Waals surface area contributed by atoms with Crippen molar-refractivity contribution < 1.29 is 13.9 Å². The van der Waals surface area contributed by atoms with Crippen molar-refractivity contribution in [3.8, 4) is 5.75 Å². The molecule has 1 aromatic rings. The molecule has 3 aliphatic rings. The van der Waals surface area contributed by atoms with Crippen LogP contribution in [0.3, 0.4) is 0 Å². The molecule has 3 fully saturated rings. The van der Waals surface area contributed by atoms with Crippen molar-refractivity contribution in [3.63, 3.8) is 0 Å². The van der Waals surface area contributed by atoms with Crippen molar-refractivity contribution >= 4 is 5.91 Å². The lowest BCUT2D eigenvalue weighted by Gasteiger charge is -2.34.